The van der Waals surface area contributed by atoms with Gasteiger partial charge in [-0.2, -0.15) is 0 Å². The zero-order chi connectivity index (χ0) is 23.8. The molecular formula is C25H17N3O6. The number of rotatable bonds is 5. The standard InChI is InChI=1S/C25H17N3O6/c1-14-2-9-22-19(12-14)27-25(34-22)18-13-16(5-8-20(18)29)26-24(30)23-11-10-21(33-23)15-3-6-17(7-4-15)28(31)32/h2-13,29H,1H3,(H,26,30). The summed E-state index contributed by atoms with van der Waals surface area (Å²) < 4.78 is 11.4. The number of phenols is 1. The van der Waals surface area contributed by atoms with Crippen LogP contribution in [0.5, 0.6) is 5.75 Å². The van der Waals surface area contributed by atoms with Crippen LogP contribution in [0.1, 0.15) is 16.1 Å². The molecule has 0 aliphatic rings. The number of carbonyl (C=O) groups is 1. The molecule has 34 heavy (non-hydrogen) atoms. The number of nitrogens with zero attached hydrogens (tertiary/aromatic N) is 2. The zero-order valence-electron chi connectivity index (χ0n) is 17.8. The Morgan fingerprint density at radius 3 is 2.56 bits per heavy atom. The van der Waals surface area contributed by atoms with E-state index in [1.807, 2.05) is 25.1 Å². The smallest absolute Gasteiger partial charge is 0.291 e. The predicted molar refractivity (Wildman–Crippen MR) is 125 cm³/mol. The van der Waals surface area contributed by atoms with Gasteiger partial charge in [-0.15, -0.1) is 0 Å². The number of aromatic nitrogens is 1. The maximum absolute atomic E-state index is 12.7. The first-order valence-corrected chi connectivity index (χ1v) is 10.2. The van der Waals surface area contributed by atoms with Crippen LogP contribution in [-0.2, 0) is 0 Å². The molecule has 9 heteroatoms. The van der Waals surface area contributed by atoms with Gasteiger partial charge in [0, 0.05) is 23.4 Å². The molecule has 9 nitrogen and oxygen atoms in total. The number of nitro groups is 1. The van der Waals surface area contributed by atoms with Gasteiger partial charge in [-0.3, -0.25) is 14.9 Å². The summed E-state index contributed by atoms with van der Waals surface area (Å²) >= 11 is 0. The van der Waals surface area contributed by atoms with Gasteiger partial charge in [0.05, 0.1) is 10.5 Å². The fraction of sp³-hybridized carbons (Fsp3) is 0.0400. The predicted octanol–water partition coefficient (Wildman–Crippen LogP) is 5.93. The number of aromatic hydroxyl groups is 1. The summed E-state index contributed by atoms with van der Waals surface area (Å²) in [4.78, 5) is 27.5. The van der Waals surface area contributed by atoms with Crippen molar-refractivity contribution in [3.05, 3.63) is 94.2 Å². The summed E-state index contributed by atoms with van der Waals surface area (Å²) in [5, 5.41) is 23.9. The van der Waals surface area contributed by atoms with Gasteiger partial charge in [0.2, 0.25) is 5.89 Å². The monoisotopic (exact) mass is 455 g/mol. The summed E-state index contributed by atoms with van der Waals surface area (Å²) in [7, 11) is 0. The molecule has 0 aliphatic heterocycles. The molecule has 0 aliphatic carbocycles. The molecule has 0 saturated heterocycles. The lowest BCUT2D eigenvalue weighted by atomic mass is 10.1. The van der Waals surface area contributed by atoms with Crippen LogP contribution in [0.25, 0.3) is 33.9 Å². The van der Waals surface area contributed by atoms with Gasteiger partial charge in [0.1, 0.15) is 17.0 Å². The molecule has 2 N–H and O–H groups in total. The molecule has 0 bridgehead atoms. The first-order valence-electron chi connectivity index (χ1n) is 10.2. The van der Waals surface area contributed by atoms with Crippen LogP contribution in [-0.4, -0.2) is 20.9 Å². The number of benzene rings is 3. The molecule has 5 rings (SSSR count). The number of anilines is 1. The fourth-order valence-electron chi connectivity index (χ4n) is 3.49. The molecule has 0 unspecified atom stereocenters. The topological polar surface area (TPSA) is 132 Å². The number of nitro benzene ring substituents is 1. The Labute approximate surface area is 192 Å². The number of fused-ring (bicyclic) bond motifs is 1. The van der Waals surface area contributed by atoms with Crippen LogP contribution in [0, 0.1) is 17.0 Å². The number of aryl methyl sites for hydroxylation is 1. The van der Waals surface area contributed by atoms with Crippen molar-refractivity contribution in [3.8, 4) is 28.5 Å². The Morgan fingerprint density at radius 1 is 1.00 bits per heavy atom. The van der Waals surface area contributed by atoms with Gasteiger partial charge in [0.15, 0.2) is 11.3 Å². The SMILES string of the molecule is Cc1ccc2oc(-c3cc(NC(=O)c4ccc(-c5ccc([N+](=O)[O-])cc5)o4)ccc3O)nc2c1. The average Bonchev–Trinajstić information content (AvgIpc) is 3.47. The van der Waals surface area contributed by atoms with Crippen LogP contribution < -0.4 is 5.32 Å². The van der Waals surface area contributed by atoms with Gasteiger partial charge in [-0.1, -0.05) is 6.07 Å². The molecule has 0 saturated carbocycles. The minimum atomic E-state index is -0.502. The van der Waals surface area contributed by atoms with E-state index in [-0.39, 0.29) is 23.1 Å². The molecule has 2 heterocycles. The van der Waals surface area contributed by atoms with Crippen molar-refractivity contribution >= 4 is 28.4 Å². The summed E-state index contributed by atoms with van der Waals surface area (Å²) in [5.74, 6) is 0.138. The number of furan rings is 1. The average molecular weight is 455 g/mol. The van der Waals surface area contributed by atoms with Gasteiger partial charge in [-0.05, 0) is 67.1 Å². The van der Waals surface area contributed by atoms with E-state index < -0.39 is 10.8 Å². The van der Waals surface area contributed by atoms with Crippen molar-refractivity contribution in [1.82, 2.24) is 4.98 Å². The fourth-order valence-corrected chi connectivity index (χ4v) is 3.49. The number of phenolic OH excluding ortho intramolecular Hbond substituents is 1. The number of hydrogen-bond donors (Lipinski definition) is 2. The highest BCUT2D eigenvalue weighted by Crippen LogP contribution is 2.34. The lowest BCUT2D eigenvalue weighted by Crippen LogP contribution is -2.10. The number of nitrogens with one attached hydrogen (secondary N) is 1. The van der Waals surface area contributed by atoms with Crippen LogP contribution in [0.4, 0.5) is 11.4 Å². The van der Waals surface area contributed by atoms with Crippen molar-refractivity contribution in [2.75, 3.05) is 5.32 Å². The molecule has 1 amide bonds. The van der Waals surface area contributed by atoms with E-state index in [4.69, 9.17) is 8.83 Å². The first kappa shape index (κ1) is 21.0. The van der Waals surface area contributed by atoms with Gasteiger partial charge < -0.3 is 19.3 Å². The summed E-state index contributed by atoms with van der Waals surface area (Å²) in [6.45, 7) is 1.95. The zero-order valence-corrected chi connectivity index (χ0v) is 17.8. The van der Waals surface area contributed by atoms with Crippen LogP contribution in [0.15, 0.2) is 81.6 Å². The van der Waals surface area contributed by atoms with Crippen molar-refractivity contribution in [3.63, 3.8) is 0 Å². The highest BCUT2D eigenvalue weighted by Gasteiger charge is 2.17. The maximum Gasteiger partial charge on any atom is 0.291 e. The number of non-ortho nitro benzene ring substituents is 1. The first-order chi connectivity index (χ1) is 16.4. The van der Waals surface area contributed by atoms with Crippen molar-refractivity contribution in [2.45, 2.75) is 6.92 Å². The Morgan fingerprint density at radius 2 is 1.79 bits per heavy atom. The lowest BCUT2D eigenvalue weighted by molar-refractivity contribution is -0.384. The Bertz CT molecular complexity index is 1550. The quantitative estimate of drug-likeness (QED) is 0.191. The van der Waals surface area contributed by atoms with E-state index >= 15 is 0 Å². The third-order valence-electron chi connectivity index (χ3n) is 5.22. The van der Waals surface area contributed by atoms with E-state index in [1.165, 1.54) is 24.3 Å². The third kappa shape index (κ3) is 3.97. The normalized spacial score (nSPS) is 11.0. The molecule has 2 aromatic heterocycles. The molecule has 5 aromatic rings. The number of oxazole rings is 1. The van der Waals surface area contributed by atoms with Crippen LogP contribution >= 0.6 is 0 Å². The van der Waals surface area contributed by atoms with Gasteiger partial charge >= 0.3 is 0 Å². The van der Waals surface area contributed by atoms with E-state index in [9.17, 15) is 20.0 Å². The highest BCUT2D eigenvalue weighted by atomic mass is 16.6. The molecule has 0 spiro atoms. The summed E-state index contributed by atoms with van der Waals surface area (Å²) in [5.41, 5.74) is 3.58. The highest BCUT2D eigenvalue weighted by molar-refractivity contribution is 6.03. The second kappa shape index (κ2) is 8.21. The van der Waals surface area contributed by atoms with Crippen molar-refractivity contribution in [1.29, 1.82) is 0 Å². The summed E-state index contributed by atoms with van der Waals surface area (Å²) in [6, 6.07) is 19.1. The van der Waals surface area contributed by atoms with Crippen molar-refractivity contribution < 1.29 is 23.7 Å². The second-order valence-corrected chi connectivity index (χ2v) is 7.64. The molecule has 0 fully saturated rings. The van der Waals surface area contributed by atoms with Crippen LogP contribution in [0.2, 0.25) is 0 Å². The molecule has 0 radical (unpaired) electrons. The van der Waals surface area contributed by atoms with E-state index in [2.05, 4.69) is 10.3 Å². The molecular weight excluding hydrogens is 438 g/mol. The number of amides is 1. The molecule has 168 valence electrons. The third-order valence-corrected chi connectivity index (χ3v) is 5.22. The molecule has 0 atom stereocenters. The van der Waals surface area contributed by atoms with E-state index in [1.54, 1.807) is 30.3 Å². The largest absolute Gasteiger partial charge is 0.507 e. The van der Waals surface area contributed by atoms with Crippen LogP contribution in [0.3, 0.4) is 0 Å². The van der Waals surface area contributed by atoms with E-state index in [0.717, 1.165) is 5.56 Å². The Hall–Kier alpha value is -4.92. The minimum Gasteiger partial charge on any atom is -0.507 e. The Balaban J connectivity index is 1.37. The number of hydrogen-bond acceptors (Lipinski definition) is 7. The number of carbonyl (C=O) groups excluding carboxylic acids is 1. The van der Waals surface area contributed by atoms with E-state index in [0.29, 0.717) is 33.7 Å². The minimum absolute atomic E-state index is 0.0366. The molecule has 3 aromatic carbocycles. The second-order valence-electron chi connectivity index (χ2n) is 7.64. The maximum atomic E-state index is 12.7. The Kier molecular flexibility index (Phi) is 5.06. The summed E-state index contributed by atoms with van der Waals surface area (Å²) in [6.07, 6.45) is 0. The van der Waals surface area contributed by atoms with Gasteiger partial charge in [-0.25, -0.2) is 4.98 Å². The van der Waals surface area contributed by atoms with Crippen molar-refractivity contribution in [2.24, 2.45) is 0 Å². The lowest BCUT2D eigenvalue weighted by Gasteiger charge is -2.06. The van der Waals surface area contributed by atoms with Gasteiger partial charge in [0.25, 0.3) is 11.6 Å².